The Balaban J connectivity index is 1.99. The first kappa shape index (κ1) is 15.1. The van der Waals surface area contributed by atoms with Crippen LogP contribution in [-0.4, -0.2) is 19.2 Å². The zero-order chi connectivity index (χ0) is 15.2. The van der Waals surface area contributed by atoms with Gasteiger partial charge in [-0.3, -0.25) is 5.32 Å². The smallest absolute Gasteiger partial charge is 0.412 e. The summed E-state index contributed by atoms with van der Waals surface area (Å²) >= 11 is 1.36. The second-order valence-corrected chi connectivity index (χ2v) is 5.34. The summed E-state index contributed by atoms with van der Waals surface area (Å²) in [6.45, 7) is 1.96. The first-order chi connectivity index (χ1) is 10.1. The molecule has 1 aromatic heterocycles. The molecule has 2 aromatic rings. The van der Waals surface area contributed by atoms with Gasteiger partial charge in [0.15, 0.2) is 0 Å². The van der Waals surface area contributed by atoms with Crippen LogP contribution in [0.4, 0.5) is 10.5 Å². The van der Waals surface area contributed by atoms with Gasteiger partial charge in [0.05, 0.1) is 18.4 Å². The lowest BCUT2D eigenvalue weighted by Crippen LogP contribution is -2.15. The molecular formula is C15H15NO4S. The highest BCUT2D eigenvalue weighted by molar-refractivity contribution is 7.10. The molecule has 0 unspecified atom stereocenters. The van der Waals surface area contributed by atoms with Crippen LogP contribution in [0.3, 0.4) is 0 Å². The Morgan fingerprint density at radius 2 is 1.95 bits per heavy atom. The van der Waals surface area contributed by atoms with Gasteiger partial charge in [0, 0.05) is 10.3 Å². The summed E-state index contributed by atoms with van der Waals surface area (Å²) in [6.07, 6.45) is -0.609. The third-order valence-corrected chi connectivity index (χ3v) is 3.73. The molecule has 0 bridgehead atoms. The number of anilines is 1. The quantitative estimate of drug-likeness (QED) is 0.877. The van der Waals surface area contributed by atoms with Crippen LogP contribution in [0.2, 0.25) is 0 Å². The monoisotopic (exact) mass is 305 g/mol. The number of hydrogen-bond donors (Lipinski definition) is 1. The molecule has 0 atom stereocenters. The second-order valence-electron chi connectivity index (χ2n) is 4.26. The molecule has 0 aliphatic heterocycles. The summed E-state index contributed by atoms with van der Waals surface area (Å²) in [5, 5.41) is 4.25. The Bertz CT molecular complexity index is 636. The highest BCUT2D eigenvalue weighted by Gasteiger charge is 2.19. The van der Waals surface area contributed by atoms with Crippen molar-refractivity contribution in [3.05, 3.63) is 51.7 Å². The van der Waals surface area contributed by atoms with Gasteiger partial charge in [-0.25, -0.2) is 9.59 Å². The van der Waals surface area contributed by atoms with Crippen molar-refractivity contribution in [2.24, 2.45) is 0 Å². The Labute approximate surface area is 126 Å². The molecular weight excluding hydrogens is 290 g/mol. The summed E-state index contributed by atoms with van der Waals surface area (Å²) < 4.78 is 9.81. The van der Waals surface area contributed by atoms with Gasteiger partial charge in [0.2, 0.25) is 0 Å². The van der Waals surface area contributed by atoms with Crippen LogP contribution in [0.1, 0.15) is 20.8 Å². The van der Waals surface area contributed by atoms with Gasteiger partial charge >= 0.3 is 12.1 Å². The van der Waals surface area contributed by atoms with Crippen molar-refractivity contribution in [3.8, 4) is 0 Å². The molecule has 1 heterocycles. The number of carbonyl (C=O) groups is 2. The van der Waals surface area contributed by atoms with Gasteiger partial charge in [-0.15, -0.1) is 11.3 Å². The predicted molar refractivity (Wildman–Crippen MR) is 80.6 cm³/mol. The number of aryl methyl sites for hydroxylation is 1. The van der Waals surface area contributed by atoms with Gasteiger partial charge in [-0.05, 0) is 12.5 Å². The highest BCUT2D eigenvalue weighted by Crippen LogP contribution is 2.27. The molecule has 21 heavy (non-hydrogen) atoms. The number of nitrogens with one attached hydrogen (secondary N) is 1. The second kappa shape index (κ2) is 6.90. The van der Waals surface area contributed by atoms with Crippen LogP contribution in [-0.2, 0) is 16.1 Å². The fourth-order valence-corrected chi connectivity index (χ4v) is 2.55. The summed E-state index contributed by atoms with van der Waals surface area (Å²) in [5.74, 6) is -0.480. The van der Waals surface area contributed by atoms with E-state index in [2.05, 4.69) is 5.32 Å². The van der Waals surface area contributed by atoms with E-state index in [1.165, 1.54) is 18.4 Å². The van der Waals surface area contributed by atoms with Gasteiger partial charge in [-0.2, -0.15) is 0 Å². The maximum absolute atomic E-state index is 11.8. The molecule has 0 spiro atoms. The minimum Gasteiger partial charge on any atom is -0.465 e. The average Bonchev–Trinajstić information content (AvgIpc) is 2.86. The minimum absolute atomic E-state index is 0.170. The zero-order valence-electron chi connectivity index (χ0n) is 11.7. The number of rotatable bonds is 4. The Morgan fingerprint density at radius 3 is 2.62 bits per heavy atom. The molecule has 0 aliphatic rings. The van der Waals surface area contributed by atoms with Gasteiger partial charge in [0.25, 0.3) is 0 Å². The molecule has 1 amide bonds. The Morgan fingerprint density at radius 1 is 1.24 bits per heavy atom. The van der Waals surface area contributed by atoms with Crippen molar-refractivity contribution in [1.82, 2.24) is 0 Å². The van der Waals surface area contributed by atoms with Crippen molar-refractivity contribution in [2.45, 2.75) is 13.5 Å². The van der Waals surface area contributed by atoms with Crippen LogP contribution < -0.4 is 5.32 Å². The van der Waals surface area contributed by atoms with Crippen LogP contribution >= 0.6 is 11.3 Å². The number of carbonyl (C=O) groups excluding carboxylic acids is 2. The maximum Gasteiger partial charge on any atom is 0.412 e. The minimum atomic E-state index is -0.609. The van der Waals surface area contributed by atoms with E-state index in [1.807, 2.05) is 30.3 Å². The lowest BCUT2D eigenvalue weighted by atomic mass is 10.2. The Kier molecular flexibility index (Phi) is 4.94. The maximum atomic E-state index is 11.8. The lowest BCUT2D eigenvalue weighted by Gasteiger charge is -2.07. The van der Waals surface area contributed by atoms with Crippen molar-refractivity contribution in [3.63, 3.8) is 0 Å². The molecule has 0 radical (unpaired) electrons. The lowest BCUT2D eigenvalue weighted by molar-refractivity contribution is 0.0602. The fraction of sp³-hybridized carbons (Fsp3) is 0.200. The molecule has 0 saturated carbocycles. The van der Waals surface area contributed by atoms with E-state index in [4.69, 9.17) is 9.47 Å². The molecule has 6 heteroatoms. The van der Waals surface area contributed by atoms with Crippen molar-refractivity contribution < 1.29 is 19.1 Å². The molecule has 0 aliphatic carbocycles. The SMILES string of the molecule is COC(=O)c1c(NC(=O)OCc2ccccc2)csc1C. The molecule has 110 valence electrons. The largest absolute Gasteiger partial charge is 0.465 e. The van der Waals surface area contributed by atoms with E-state index in [1.54, 1.807) is 12.3 Å². The number of hydrogen-bond acceptors (Lipinski definition) is 5. The molecule has 1 N–H and O–H groups in total. The number of esters is 1. The molecule has 5 nitrogen and oxygen atoms in total. The summed E-state index contributed by atoms with van der Waals surface area (Å²) in [5.41, 5.74) is 1.66. The molecule has 0 fully saturated rings. The summed E-state index contributed by atoms with van der Waals surface area (Å²) in [7, 11) is 1.30. The van der Waals surface area contributed by atoms with Crippen molar-refractivity contribution >= 4 is 29.1 Å². The molecule has 0 saturated heterocycles. The van der Waals surface area contributed by atoms with Crippen LogP contribution in [0, 0.1) is 6.92 Å². The Hall–Kier alpha value is -2.34. The van der Waals surface area contributed by atoms with Crippen molar-refractivity contribution in [2.75, 3.05) is 12.4 Å². The normalized spacial score (nSPS) is 10.0. The average molecular weight is 305 g/mol. The predicted octanol–water partition coefficient (Wildman–Crippen LogP) is 3.59. The van der Waals surface area contributed by atoms with E-state index < -0.39 is 12.1 Å². The van der Waals surface area contributed by atoms with Crippen LogP contribution in [0.5, 0.6) is 0 Å². The summed E-state index contributed by atoms with van der Waals surface area (Å²) in [4.78, 5) is 24.2. The molecule has 2 rings (SSSR count). The number of ether oxygens (including phenoxy) is 2. The van der Waals surface area contributed by atoms with E-state index >= 15 is 0 Å². The number of methoxy groups -OCH3 is 1. The third-order valence-electron chi connectivity index (χ3n) is 2.81. The third kappa shape index (κ3) is 3.82. The van der Waals surface area contributed by atoms with Gasteiger partial charge in [-0.1, -0.05) is 30.3 Å². The van der Waals surface area contributed by atoms with Gasteiger partial charge in [0.1, 0.15) is 6.61 Å². The first-order valence-electron chi connectivity index (χ1n) is 6.26. The van der Waals surface area contributed by atoms with E-state index in [9.17, 15) is 9.59 Å². The van der Waals surface area contributed by atoms with Crippen LogP contribution in [0.15, 0.2) is 35.7 Å². The topological polar surface area (TPSA) is 64.6 Å². The first-order valence-corrected chi connectivity index (χ1v) is 7.14. The number of amides is 1. The van der Waals surface area contributed by atoms with Gasteiger partial charge < -0.3 is 9.47 Å². The number of thiophene rings is 1. The van der Waals surface area contributed by atoms with E-state index in [0.29, 0.717) is 11.3 Å². The number of benzene rings is 1. The summed E-state index contributed by atoms with van der Waals surface area (Å²) in [6, 6.07) is 9.35. The zero-order valence-corrected chi connectivity index (χ0v) is 12.5. The van der Waals surface area contributed by atoms with E-state index in [0.717, 1.165) is 10.4 Å². The highest BCUT2D eigenvalue weighted by atomic mass is 32.1. The standard InChI is InChI=1S/C15H15NO4S/c1-10-13(14(17)19-2)12(9-21-10)16-15(18)20-8-11-6-4-3-5-7-11/h3-7,9H,8H2,1-2H3,(H,16,18). The van der Waals surface area contributed by atoms with Crippen molar-refractivity contribution in [1.29, 1.82) is 0 Å². The molecule has 1 aromatic carbocycles. The fourth-order valence-electron chi connectivity index (χ4n) is 1.77. The van der Waals surface area contributed by atoms with E-state index in [-0.39, 0.29) is 6.61 Å². The van der Waals surface area contributed by atoms with Crippen LogP contribution in [0.25, 0.3) is 0 Å².